The number of halogens is 2. The summed E-state index contributed by atoms with van der Waals surface area (Å²) >= 11 is 11.6. The van der Waals surface area contributed by atoms with E-state index >= 15 is 0 Å². The number of benzene rings is 1. The van der Waals surface area contributed by atoms with Crippen LogP contribution in [0.3, 0.4) is 0 Å². The number of hydrogen-bond acceptors (Lipinski definition) is 2. The Labute approximate surface area is 138 Å². The minimum absolute atomic E-state index is 0.314. The highest BCUT2D eigenvalue weighted by Gasteiger charge is 2.13. The summed E-state index contributed by atoms with van der Waals surface area (Å²) in [6, 6.07) is 11.0. The zero-order valence-corrected chi connectivity index (χ0v) is 14.9. The third-order valence-corrected chi connectivity index (χ3v) is 5.75. The molecular formula is C16H19BrClNS. The molecule has 1 atom stereocenters. The Morgan fingerprint density at radius 1 is 1.20 bits per heavy atom. The third-order valence-electron chi connectivity index (χ3n) is 3.27. The lowest BCUT2D eigenvalue weighted by Crippen LogP contribution is -2.22. The van der Waals surface area contributed by atoms with E-state index in [2.05, 4.69) is 53.3 Å². The maximum Gasteiger partial charge on any atom is 0.0551 e. The first-order valence-electron chi connectivity index (χ1n) is 6.90. The summed E-state index contributed by atoms with van der Waals surface area (Å²) in [6.45, 7) is 5.29. The van der Waals surface area contributed by atoms with Crippen molar-refractivity contribution in [1.29, 1.82) is 0 Å². The lowest BCUT2D eigenvalue weighted by molar-refractivity contribution is 0.553. The van der Waals surface area contributed by atoms with Crippen LogP contribution in [-0.2, 0) is 12.8 Å². The number of hydrogen-bond donors (Lipinski definition) is 1. The molecule has 108 valence electrons. The predicted molar refractivity (Wildman–Crippen MR) is 93.0 cm³/mol. The van der Waals surface area contributed by atoms with Gasteiger partial charge < -0.3 is 5.32 Å². The van der Waals surface area contributed by atoms with Crippen molar-refractivity contribution in [2.45, 2.75) is 32.7 Å². The van der Waals surface area contributed by atoms with Crippen molar-refractivity contribution in [3.63, 3.8) is 0 Å². The number of rotatable bonds is 6. The minimum Gasteiger partial charge on any atom is -0.310 e. The van der Waals surface area contributed by atoms with Crippen molar-refractivity contribution in [1.82, 2.24) is 5.32 Å². The van der Waals surface area contributed by atoms with Gasteiger partial charge in [0.15, 0.2) is 0 Å². The van der Waals surface area contributed by atoms with Crippen LogP contribution in [0.15, 0.2) is 34.8 Å². The van der Waals surface area contributed by atoms with E-state index in [1.165, 1.54) is 15.3 Å². The molecule has 0 radical (unpaired) electrons. The molecule has 0 fully saturated rings. The average molecular weight is 373 g/mol. The molecule has 2 aromatic rings. The van der Waals surface area contributed by atoms with Gasteiger partial charge in [-0.05, 0) is 58.7 Å². The summed E-state index contributed by atoms with van der Waals surface area (Å²) < 4.78 is 0.947. The van der Waals surface area contributed by atoms with E-state index in [9.17, 15) is 0 Å². The summed E-state index contributed by atoms with van der Waals surface area (Å²) in [5.41, 5.74) is 1.24. The second kappa shape index (κ2) is 7.60. The van der Waals surface area contributed by atoms with Crippen LogP contribution in [0.1, 0.15) is 35.2 Å². The number of likely N-dealkylation sites (N-methyl/N-ethyl adjacent to an activating group) is 1. The van der Waals surface area contributed by atoms with Crippen LogP contribution in [0, 0.1) is 0 Å². The van der Waals surface area contributed by atoms with Gasteiger partial charge in [-0.3, -0.25) is 0 Å². The molecule has 0 saturated heterocycles. The molecule has 0 amide bonds. The fraction of sp³-hybridized carbons (Fsp3) is 0.375. The summed E-state index contributed by atoms with van der Waals surface area (Å²) in [6.07, 6.45) is 2.12. The van der Waals surface area contributed by atoms with Crippen LogP contribution in [0.5, 0.6) is 0 Å². The van der Waals surface area contributed by atoms with Gasteiger partial charge >= 0.3 is 0 Å². The van der Waals surface area contributed by atoms with Crippen molar-refractivity contribution in [3.05, 3.63) is 55.1 Å². The molecule has 0 saturated carbocycles. The first-order chi connectivity index (χ1) is 9.63. The Morgan fingerprint density at radius 2 is 1.95 bits per heavy atom. The van der Waals surface area contributed by atoms with Gasteiger partial charge in [-0.15, -0.1) is 11.3 Å². The maximum absolute atomic E-state index is 6.22. The lowest BCUT2D eigenvalue weighted by Gasteiger charge is -2.18. The van der Waals surface area contributed by atoms with Gasteiger partial charge in [-0.2, -0.15) is 0 Å². The molecule has 0 aliphatic heterocycles. The Morgan fingerprint density at radius 3 is 2.55 bits per heavy atom. The highest BCUT2D eigenvalue weighted by molar-refractivity contribution is 9.10. The highest BCUT2D eigenvalue weighted by atomic mass is 79.9. The molecule has 1 heterocycles. The molecule has 0 bridgehead atoms. The maximum atomic E-state index is 6.22. The fourth-order valence-corrected chi connectivity index (χ4v) is 3.65. The second-order valence-corrected chi connectivity index (χ2v) is 7.22. The van der Waals surface area contributed by atoms with Gasteiger partial charge in [0.1, 0.15) is 0 Å². The minimum atomic E-state index is 0.314. The average Bonchev–Trinajstić information content (AvgIpc) is 2.89. The Kier molecular flexibility index (Phi) is 6.09. The summed E-state index contributed by atoms with van der Waals surface area (Å²) in [5, 5.41) is 4.32. The predicted octanol–water partition coefficient (Wildman–Crippen LogP) is 5.62. The van der Waals surface area contributed by atoms with Crippen molar-refractivity contribution in [2.24, 2.45) is 0 Å². The van der Waals surface area contributed by atoms with Crippen LogP contribution >= 0.6 is 38.9 Å². The van der Waals surface area contributed by atoms with E-state index in [-0.39, 0.29) is 0 Å². The zero-order chi connectivity index (χ0) is 14.5. The molecule has 0 aliphatic carbocycles. The first kappa shape index (κ1) is 16.0. The van der Waals surface area contributed by atoms with Crippen LogP contribution in [0.2, 0.25) is 5.02 Å². The summed E-state index contributed by atoms with van der Waals surface area (Å²) in [5.74, 6) is 0. The highest BCUT2D eigenvalue weighted by Crippen LogP contribution is 2.29. The number of nitrogens with one attached hydrogen (secondary N) is 1. The second-order valence-electron chi connectivity index (χ2n) is 4.71. The van der Waals surface area contributed by atoms with Crippen molar-refractivity contribution in [2.75, 3.05) is 6.54 Å². The topological polar surface area (TPSA) is 12.0 Å². The normalized spacial score (nSPS) is 12.6. The Bertz CT molecular complexity index is 567. The van der Waals surface area contributed by atoms with Crippen molar-refractivity contribution >= 4 is 38.9 Å². The molecule has 20 heavy (non-hydrogen) atoms. The standard InChI is InChI=1S/C16H19BrClNS/c1-3-12-6-7-13(20-12)10-16(19-4-2)11-5-8-14(17)15(18)9-11/h5-9,16,19H,3-4,10H2,1-2H3. The Balaban J connectivity index is 2.19. The molecule has 1 unspecified atom stereocenters. The van der Waals surface area contributed by atoms with E-state index in [0.29, 0.717) is 6.04 Å². The van der Waals surface area contributed by atoms with Gasteiger partial charge in [0.2, 0.25) is 0 Å². The molecule has 4 heteroatoms. The first-order valence-corrected chi connectivity index (χ1v) is 8.88. The summed E-state index contributed by atoms with van der Waals surface area (Å²) in [4.78, 5) is 2.87. The molecule has 1 nitrogen and oxygen atoms in total. The van der Waals surface area contributed by atoms with E-state index in [4.69, 9.17) is 11.6 Å². The molecule has 1 aromatic carbocycles. The number of aryl methyl sites for hydroxylation is 1. The van der Waals surface area contributed by atoms with E-state index in [0.717, 1.165) is 28.9 Å². The summed E-state index contributed by atoms with van der Waals surface area (Å²) in [7, 11) is 0. The fourth-order valence-electron chi connectivity index (χ4n) is 2.21. The van der Waals surface area contributed by atoms with Gasteiger partial charge in [-0.1, -0.05) is 31.5 Å². The lowest BCUT2D eigenvalue weighted by atomic mass is 10.0. The van der Waals surface area contributed by atoms with E-state index < -0.39 is 0 Å². The smallest absolute Gasteiger partial charge is 0.0551 e. The monoisotopic (exact) mass is 371 g/mol. The number of thiophene rings is 1. The van der Waals surface area contributed by atoms with Gasteiger partial charge in [0, 0.05) is 26.7 Å². The van der Waals surface area contributed by atoms with Crippen LogP contribution < -0.4 is 5.32 Å². The molecule has 1 N–H and O–H groups in total. The third kappa shape index (κ3) is 4.08. The molecule has 2 rings (SSSR count). The van der Waals surface area contributed by atoms with E-state index in [1.807, 2.05) is 23.5 Å². The Hall–Kier alpha value is -0.350. The molecular weight excluding hydrogens is 354 g/mol. The zero-order valence-electron chi connectivity index (χ0n) is 11.7. The van der Waals surface area contributed by atoms with Crippen LogP contribution in [0.25, 0.3) is 0 Å². The SMILES string of the molecule is CCNC(Cc1ccc(CC)s1)c1ccc(Br)c(Cl)c1. The van der Waals surface area contributed by atoms with Gasteiger partial charge in [0.05, 0.1) is 5.02 Å². The van der Waals surface area contributed by atoms with Crippen LogP contribution in [0.4, 0.5) is 0 Å². The van der Waals surface area contributed by atoms with Gasteiger partial charge in [0.25, 0.3) is 0 Å². The van der Waals surface area contributed by atoms with E-state index in [1.54, 1.807) is 0 Å². The quantitative estimate of drug-likeness (QED) is 0.694. The van der Waals surface area contributed by atoms with Gasteiger partial charge in [-0.25, -0.2) is 0 Å². The molecule has 0 spiro atoms. The molecule has 0 aliphatic rings. The van der Waals surface area contributed by atoms with Crippen LogP contribution in [-0.4, -0.2) is 6.54 Å². The molecule has 1 aromatic heterocycles. The van der Waals surface area contributed by atoms with Crippen molar-refractivity contribution < 1.29 is 0 Å². The van der Waals surface area contributed by atoms with Crippen molar-refractivity contribution in [3.8, 4) is 0 Å². The largest absolute Gasteiger partial charge is 0.310 e.